The summed E-state index contributed by atoms with van der Waals surface area (Å²) in [7, 11) is 3.18. The van der Waals surface area contributed by atoms with E-state index >= 15 is 4.39 Å². The van der Waals surface area contributed by atoms with Crippen LogP contribution in [0.1, 0.15) is 44.1 Å². The summed E-state index contributed by atoms with van der Waals surface area (Å²) in [6, 6.07) is 6.90. The molecule has 2 aromatic heterocycles. The maximum absolute atomic E-state index is 15.4. The van der Waals surface area contributed by atoms with Crippen LogP contribution in [0.4, 0.5) is 15.3 Å². The lowest BCUT2D eigenvalue weighted by Gasteiger charge is -2.23. The molecular formula is C28H28ClFN4O4S. The van der Waals surface area contributed by atoms with Gasteiger partial charge in [0.1, 0.15) is 11.5 Å². The number of fused-ring (bicyclic) bond motifs is 1. The van der Waals surface area contributed by atoms with Crippen molar-refractivity contribution < 1.29 is 23.9 Å². The van der Waals surface area contributed by atoms with E-state index in [9.17, 15) is 19.5 Å². The number of amides is 2. The molecule has 11 heteroatoms. The van der Waals surface area contributed by atoms with E-state index in [-0.39, 0.29) is 35.5 Å². The first-order chi connectivity index (χ1) is 18.6. The second kappa shape index (κ2) is 11.0. The zero-order valence-corrected chi connectivity index (χ0v) is 23.2. The zero-order chi connectivity index (χ0) is 27.8. The minimum absolute atomic E-state index is 0.0337. The Morgan fingerprint density at radius 2 is 2.00 bits per heavy atom. The van der Waals surface area contributed by atoms with Crippen molar-refractivity contribution in [1.29, 1.82) is 0 Å². The summed E-state index contributed by atoms with van der Waals surface area (Å²) in [6.45, 7) is 0. The fourth-order valence-electron chi connectivity index (χ4n) is 5.55. The monoisotopic (exact) mass is 570 g/mol. The van der Waals surface area contributed by atoms with Gasteiger partial charge in [0, 0.05) is 47.9 Å². The molecule has 0 saturated heterocycles. The van der Waals surface area contributed by atoms with Crippen molar-refractivity contribution >= 4 is 51.7 Å². The molecule has 1 saturated carbocycles. The second-order valence-corrected chi connectivity index (χ2v) is 11.6. The van der Waals surface area contributed by atoms with Crippen molar-refractivity contribution in [3.05, 3.63) is 46.2 Å². The highest BCUT2D eigenvalue weighted by Gasteiger charge is 2.32. The highest BCUT2D eigenvalue weighted by atomic mass is 35.5. The minimum atomic E-state index is -1.04. The standard InChI is InChI=1S/C28H28ClFN4O4S/c1-33-22(35)11-16-10-18(14-31-26(16)33)20-8-7-19(29)13-21(20)24-25(30)39-28(32-24)34(2)27(38)17(12-23(36)37)9-15-5-3-4-6-15/h7-8,10,13-15,17H,3-6,9,11-12H2,1-2H3,(H,36,37)/t17-/m1/s1. The number of nitrogens with zero attached hydrogens (tertiary/aromatic N) is 4. The number of carbonyl (C=O) groups excluding carboxylic acids is 2. The first kappa shape index (κ1) is 27.2. The summed E-state index contributed by atoms with van der Waals surface area (Å²) in [5, 5.41) is 9.35. The number of thiazole rings is 1. The van der Waals surface area contributed by atoms with Crippen molar-refractivity contribution in [2.24, 2.45) is 11.8 Å². The van der Waals surface area contributed by atoms with Gasteiger partial charge < -0.3 is 5.11 Å². The van der Waals surface area contributed by atoms with E-state index in [1.165, 1.54) is 16.8 Å². The smallest absolute Gasteiger partial charge is 0.304 e. The summed E-state index contributed by atoms with van der Waals surface area (Å²) >= 11 is 7.02. The molecule has 8 nitrogen and oxygen atoms in total. The molecule has 0 bridgehead atoms. The molecule has 1 fully saturated rings. The third-order valence-electron chi connectivity index (χ3n) is 7.58. The van der Waals surface area contributed by atoms with Crippen LogP contribution in [0.5, 0.6) is 0 Å². The number of rotatable bonds is 8. The molecule has 2 amide bonds. The van der Waals surface area contributed by atoms with Crippen molar-refractivity contribution in [2.75, 3.05) is 23.9 Å². The van der Waals surface area contributed by atoms with Crippen molar-refractivity contribution in [3.63, 3.8) is 0 Å². The fraction of sp³-hybridized carbons (Fsp3) is 0.393. The Kier molecular flexibility index (Phi) is 7.68. The number of hydrogen-bond donors (Lipinski definition) is 1. The molecule has 1 atom stereocenters. The molecule has 3 heterocycles. The molecule has 2 aliphatic rings. The first-order valence-electron chi connectivity index (χ1n) is 12.8. The summed E-state index contributed by atoms with van der Waals surface area (Å²) in [5.74, 6) is -1.26. The molecule has 0 radical (unpaired) electrons. The van der Waals surface area contributed by atoms with Gasteiger partial charge in [-0.25, -0.2) is 9.97 Å². The Labute approximate surface area is 234 Å². The lowest BCUT2D eigenvalue weighted by Crippen LogP contribution is -2.35. The van der Waals surface area contributed by atoms with E-state index in [1.54, 1.807) is 31.4 Å². The maximum atomic E-state index is 15.4. The molecule has 0 spiro atoms. The summed E-state index contributed by atoms with van der Waals surface area (Å²) < 4.78 is 15.4. The first-order valence-corrected chi connectivity index (χ1v) is 14.0. The van der Waals surface area contributed by atoms with Crippen molar-refractivity contribution in [2.45, 2.75) is 44.9 Å². The Bertz CT molecular complexity index is 1460. The van der Waals surface area contributed by atoms with Crippen LogP contribution < -0.4 is 9.80 Å². The lowest BCUT2D eigenvalue weighted by molar-refractivity contribution is -0.140. The predicted octanol–water partition coefficient (Wildman–Crippen LogP) is 5.82. The Morgan fingerprint density at radius 3 is 2.72 bits per heavy atom. The second-order valence-electron chi connectivity index (χ2n) is 10.2. The van der Waals surface area contributed by atoms with Crippen molar-refractivity contribution in [3.8, 4) is 22.4 Å². The molecule has 39 heavy (non-hydrogen) atoms. The molecule has 204 valence electrons. The number of carboxylic acid groups (broad SMARTS) is 1. The van der Waals surface area contributed by atoms with Gasteiger partial charge in [-0.1, -0.05) is 54.7 Å². The van der Waals surface area contributed by atoms with Crippen LogP contribution in [0.2, 0.25) is 5.02 Å². The summed E-state index contributed by atoms with van der Waals surface area (Å²) in [5.41, 5.74) is 2.55. The minimum Gasteiger partial charge on any atom is -0.481 e. The molecule has 1 aromatic carbocycles. The number of halogens is 2. The number of likely N-dealkylation sites (N-methyl/N-ethyl adjacent to an activating group) is 1. The van der Waals surface area contributed by atoms with Crippen LogP contribution in [-0.4, -0.2) is 47.0 Å². The van der Waals surface area contributed by atoms with E-state index < -0.39 is 17.0 Å². The van der Waals surface area contributed by atoms with Crippen LogP contribution in [0.15, 0.2) is 30.5 Å². The van der Waals surface area contributed by atoms with Crippen LogP contribution in [0, 0.1) is 17.0 Å². The van der Waals surface area contributed by atoms with Gasteiger partial charge in [-0.3, -0.25) is 24.2 Å². The third-order valence-corrected chi connectivity index (χ3v) is 8.73. The molecule has 3 aromatic rings. The number of hydrogen-bond acceptors (Lipinski definition) is 6. The van der Waals surface area contributed by atoms with Crippen LogP contribution in [0.3, 0.4) is 0 Å². The zero-order valence-electron chi connectivity index (χ0n) is 21.6. The molecule has 0 unspecified atom stereocenters. The lowest BCUT2D eigenvalue weighted by atomic mass is 9.90. The summed E-state index contributed by atoms with van der Waals surface area (Å²) in [4.78, 5) is 48.7. The van der Waals surface area contributed by atoms with Gasteiger partial charge in [0.2, 0.25) is 16.9 Å². The van der Waals surface area contributed by atoms with E-state index in [0.717, 1.165) is 42.6 Å². The number of pyridine rings is 1. The Hall–Kier alpha value is -3.37. The van der Waals surface area contributed by atoms with E-state index in [2.05, 4.69) is 9.97 Å². The number of carboxylic acids is 1. The van der Waals surface area contributed by atoms with E-state index in [1.807, 2.05) is 6.07 Å². The average Bonchev–Trinajstić information content (AvgIpc) is 3.62. The van der Waals surface area contributed by atoms with Crippen LogP contribution in [0.25, 0.3) is 22.4 Å². The van der Waals surface area contributed by atoms with Gasteiger partial charge in [0.25, 0.3) is 0 Å². The number of benzene rings is 1. The number of carbonyl (C=O) groups is 3. The largest absolute Gasteiger partial charge is 0.481 e. The van der Waals surface area contributed by atoms with Crippen LogP contribution >= 0.6 is 22.9 Å². The number of aliphatic carboxylic acids is 1. The van der Waals surface area contributed by atoms with Gasteiger partial charge in [0.15, 0.2) is 5.13 Å². The van der Waals surface area contributed by atoms with Gasteiger partial charge in [0.05, 0.1) is 12.8 Å². The molecule has 5 rings (SSSR count). The molecule has 1 aliphatic heterocycles. The normalized spacial score (nSPS) is 16.0. The van der Waals surface area contributed by atoms with Crippen molar-refractivity contribution in [1.82, 2.24) is 9.97 Å². The average molecular weight is 571 g/mol. The van der Waals surface area contributed by atoms with Gasteiger partial charge in [-0.15, -0.1) is 0 Å². The SMILES string of the molecule is CN(C(=O)[C@@H](CC(=O)O)CC1CCCC1)c1nc(-c2cc(Cl)ccc2-c2cnc3c(c2)CC(=O)N3C)c(F)s1. The van der Waals surface area contributed by atoms with E-state index in [4.69, 9.17) is 11.6 Å². The molecule has 1 N–H and O–H groups in total. The number of aromatic nitrogens is 2. The topological polar surface area (TPSA) is 104 Å². The maximum Gasteiger partial charge on any atom is 0.304 e. The third kappa shape index (κ3) is 5.53. The van der Waals surface area contributed by atoms with Gasteiger partial charge in [-0.2, -0.15) is 4.39 Å². The highest BCUT2D eigenvalue weighted by Crippen LogP contribution is 2.40. The van der Waals surface area contributed by atoms with Crippen LogP contribution in [-0.2, 0) is 20.8 Å². The quantitative estimate of drug-likeness (QED) is 0.366. The van der Waals surface area contributed by atoms with Gasteiger partial charge in [-0.05, 0) is 36.1 Å². The Balaban J connectivity index is 1.46. The molecular weight excluding hydrogens is 543 g/mol. The predicted molar refractivity (Wildman–Crippen MR) is 149 cm³/mol. The fourth-order valence-corrected chi connectivity index (χ4v) is 6.49. The molecule has 1 aliphatic carbocycles. The van der Waals surface area contributed by atoms with Gasteiger partial charge >= 0.3 is 5.97 Å². The van der Waals surface area contributed by atoms with E-state index in [0.29, 0.717) is 39.9 Å². The Morgan fingerprint density at radius 1 is 1.26 bits per heavy atom. The summed E-state index contributed by atoms with van der Waals surface area (Å²) in [6.07, 6.45) is 6.23. The highest BCUT2D eigenvalue weighted by molar-refractivity contribution is 7.14. The number of anilines is 2.